The maximum Gasteiger partial charge on any atom is 0.0705 e. The molecule has 0 saturated heterocycles. The first-order chi connectivity index (χ1) is 6.68. The van der Waals surface area contributed by atoms with E-state index in [1.165, 1.54) is 23.0 Å². The third-order valence-corrected chi connectivity index (χ3v) is 3.30. The van der Waals surface area contributed by atoms with Gasteiger partial charge in [0, 0.05) is 29.7 Å². The normalized spacial score (nSPS) is 18.7. The van der Waals surface area contributed by atoms with Gasteiger partial charge in [-0.3, -0.25) is 4.98 Å². The van der Waals surface area contributed by atoms with Gasteiger partial charge in [-0.05, 0) is 18.6 Å². The van der Waals surface area contributed by atoms with Crippen LogP contribution in [0.5, 0.6) is 0 Å². The number of aryl methyl sites for hydroxylation is 1. The summed E-state index contributed by atoms with van der Waals surface area (Å²) in [6, 6.07) is 4.28. The van der Waals surface area contributed by atoms with Gasteiger partial charge < -0.3 is 4.57 Å². The predicted molar refractivity (Wildman–Crippen MR) is 57.4 cm³/mol. The topological polar surface area (TPSA) is 17.8 Å². The molecule has 0 atom stereocenters. The first-order valence-electron chi connectivity index (χ1n) is 5.13. The van der Waals surface area contributed by atoms with E-state index < -0.39 is 0 Å². The molecule has 0 radical (unpaired) electrons. The molecule has 0 unspecified atom stereocenters. The van der Waals surface area contributed by atoms with E-state index in [2.05, 4.69) is 41.7 Å². The Morgan fingerprint density at radius 2 is 2.21 bits per heavy atom. The van der Waals surface area contributed by atoms with Gasteiger partial charge in [-0.25, -0.2) is 0 Å². The summed E-state index contributed by atoms with van der Waals surface area (Å²) in [5, 5.41) is 1.32. The van der Waals surface area contributed by atoms with Crippen LogP contribution < -0.4 is 0 Å². The lowest BCUT2D eigenvalue weighted by molar-refractivity contribution is 0.412. The number of pyridine rings is 1. The van der Waals surface area contributed by atoms with Crippen LogP contribution >= 0.6 is 0 Å². The highest BCUT2D eigenvalue weighted by Crippen LogP contribution is 2.36. The van der Waals surface area contributed by atoms with E-state index in [-0.39, 0.29) is 5.41 Å². The van der Waals surface area contributed by atoms with E-state index in [9.17, 15) is 0 Å². The van der Waals surface area contributed by atoms with Gasteiger partial charge in [0.15, 0.2) is 0 Å². The molecule has 0 aliphatic carbocycles. The fraction of sp³-hybridized carbons (Fsp3) is 0.417. The van der Waals surface area contributed by atoms with Crippen molar-refractivity contribution in [3.05, 3.63) is 30.2 Å². The van der Waals surface area contributed by atoms with Crippen molar-refractivity contribution in [1.29, 1.82) is 0 Å². The van der Waals surface area contributed by atoms with Crippen molar-refractivity contribution in [2.75, 3.05) is 0 Å². The monoisotopic (exact) mass is 186 g/mol. The minimum Gasteiger partial charge on any atom is -0.346 e. The van der Waals surface area contributed by atoms with Crippen molar-refractivity contribution in [1.82, 2.24) is 9.55 Å². The molecular formula is C12H14N2. The highest BCUT2D eigenvalue weighted by molar-refractivity contribution is 5.83. The third kappa shape index (κ3) is 0.884. The molecule has 2 nitrogen and oxygen atoms in total. The SMILES string of the molecule is CC1(C)CCn2ccc3ccnc1c32. The predicted octanol–water partition coefficient (Wildman–Crippen LogP) is 2.72. The maximum absolute atomic E-state index is 4.54. The highest BCUT2D eigenvalue weighted by Gasteiger charge is 2.29. The van der Waals surface area contributed by atoms with Gasteiger partial charge in [-0.1, -0.05) is 13.8 Å². The molecule has 0 bridgehead atoms. The van der Waals surface area contributed by atoms with Crippen LogP contribution in [0.4, 0.5) is 0 Å². The zero-order chi connectivity index (χ0) is 9.76. The fourth-order valence-corrected chi connectivity index (χ4v) is 2.35. The van der Waals surface area contributed by atoms with Gasteiger partial charge in [0.05, 0.1) is 11.2 Å². The Bertz CT molecular complexity index is 494. The van der Waals surface area contributed by atoms with Crippen molar-refractivity contribution >= 4 is 10.9 Å². The molecule has 2 heteroatoms. The van der Waals surface area contributed by atoms with Crippen LogP contribution in [0, 0.1) is 0 Å². The molecule has 0 amide bonds. The molecule has 1 aliphatic rings. The van der Waals surface area contributed by atoms with Gasteiger partial charge in [0.1, 0.15) is 0 Å². The Labute approximate surface area is 83.6 Å². The van der Waals surface area contributed by atoms with E-state index in [0.29, 0.717) is 0 Å². The van der Waals surface area contributed by atoms with Crippen LogP contribution in [0.25, 0.3) is 10.9 Å². The Kier molecular flexibility index (Phi) is 1.37. The first-order valence-corrected chi connectivity index (χ1v) is 5.13. The van der Waals surface area contributed by atoms with Crippen LogP contribution in [-0.4, -0.2) is 9.55 Å². The minimum absolute atomic E-state index is 0.230. The van der Waals surface area contributed by atoms with Crippen LogP contribution in [0.2, 0.25) is 0 Å². The van der Waals surface area contributed by atoms with Crippen LogP contribution in [0.1, 0.15) is 26.0 Å². The minimum atomic E-state index is 0.230. The van der Waals surface area contributed by atoms with Gasteiger partial charge in [-0.2, -0.15) is 0 Å². The number of rotatable bonds is 0. The van der Waals surface area contributed by atoms with Crippen molar-refractivity contribution in [3.8, 4) is 0 Å². The average Bonchev–Trinajstić information content (AvgIpc) is 2.57. The lowest BCUT2D eigenvalue weighted by Gasteiger charge is -2.30. The molecule has 0 fully saturated rings. The highest BCUT2D eigenvalue weighted by atomic mass is 15.0. The molecule has 0 N–H and O–H groups in total. The Morgan fingerprint density at radius 1 is 1.36 bits per heavy atom. The molecule has 1 aliphatic heterocycles. The van der Waals surface area contributed by atoms with Gasteiger partial charge in [-0.15, -0.1) is 0 Å². The van der Waals surface area contributed by atoms with Crippen LogP contribution in [0.15, 0.2) is 24.5 Å². The van der Waals surface area contributed by atoms with Crippen molar-refractivity contribution < 1.29 is 0 Å². The standard InChI is InChI=1S/C12H14N2/c1-12(2)5-8-14-7-4-9-3-6-13-11(12)10(9)14/h3-4,6-7H,5,8H2,1-2H3. The number of aromatic nitrogens is 2. The second-order valence-corrected chi connectivity index (χ2v) is 4.74. The summed E-state index contributed by atoms with van der Waals surface area (Å²) in [5.74, 6) is 0. The second kappa shape index (κ2) is 2.38. The summed E-state index contributed by atoms with van der Waals surface area (Å²) in [6.07, 6.45) is 5.28. The van der Waals surface area contributed by atoms with Crippen molar-refractivity contribution in [3.63, 3.8) is 0 Å². The summed E-state index contributed by atoms with van der Waals surface area (Å²) in [6.45, 7) is 5.69. The fourth-order valence-electron chi connectivity index (χ4n) is 2.35. The largest absolute Gasteiger partial charge is 0.346 e. The molecule has 3 heterocycles. The lowest BCUT2D eigenvalue weighted by atomic mass is 9.82. The summed E-state index contributed by atoms with van der Waals surface area (Å²) >= 11 is 0. The lowest BCUT2D eigenvalue weighted by Crippen LogP contribution is -2.26. The Morgan fingerprint density at radius 3 is 3.07 bits per heavy atom. The van der Waals surface area contributed by atoms with Crippen molar-refractivity contribution in [2.24, 2.45) is 0 Å². The Balaban J connectivity index is 2.46. The van der Waals surface area contributed by atoms with Gasteiger partial charge in [0.25, 0.3) is 0 Å². The quantitative estimate of drug-likeness (QED) is 0.618. The van der Waals surface area contributed by atoms with E-state index in [4.69, 9.17) is 0 Å². The molecule has 0 spiro atoms. The molecule has 2 aromatic heterocycles. The zero-order valence-electron chi connectivity index (χ0n) is 8.62. The molecule has 3 rings (SSSR count). The van der Waals surface area contributed by atoms with Gasteiger partial charge >= 0.3 is 0 Å². The van der Waals surface area contributed by atoms with E-state index in [0.717, 1.165) is 6.54 Å². The second-order valence-electron chi connectivity index (χ2n) is 4.74. The smallest absolute Gasteiger partial charge is 0.0705 e. The molecule has 14 heavy (non-hydrogen) atoms. The maximum atomic E-state index is 4.54. The zero-order valence-corrected chi connectivity index (χ0v) is 8.62. The van der Waals surface area contributed by atoms with E-state index >= 15 is 0 Å². The van der Waals surface area contributed by atoms with Crippen LogP contribution in [-0.2, 0) is 12.0 Å². The number of nitrogens with zero attached hydrogens (tertiary/aromatic N) is 2. The molecule has 72 valence electrons. The summed E-state index contributed by atoms with van der Waals surface area (Å²) in [7, 11) is 0. The Hall–Kier alpha value is -1.31. The third-order valence-electron chi connectivity index (χ3n) is 3.30. The summed E-state index contributed by atoms with van der Waals surface area (Å²) in [5.41, 5.74) is 2.82. The molecule has 0 aromatic carbocycles. The number of hydrogen-bond donors (Lipinski definition) is 0. The first kappa shape index (κ1) is 8.04. The van der Waals surface area contributed by atoms with Gasteiger partial charge in [0.2, 0.25) is 0 Å². The molecular weight excluding hydrogens is 172 g/mol. The number of hydrogen-bond acceptors (Lipinski definition) is 1. The molecule has 2 aromatic rings. The summed E-state index contributed by atoms with van der Waals surface area (Å²) < 4.78 is 2.32. The van der Waals surface area contributed by atoms with E-state index in [1.54, 1.807) is 0 Å². The molecule has 0 saturated carbocycles. The van der Waals surface area contributed by atoms with Crippen molar-refractivity contribution in [2.45, 2.75) is 32.2 Å². The van der Waals surface area contributed by atoms with Crippen LogP contribution in [0.3, 0.4) is 0 Å². The van der Waals surface area contributed by atoms with E-state index in [1.807, 2.05) is 6.20 Å². The average molecular weight is 186 g/mol. The summed E-state index contributed by atoms with van der Waals surface area (Å²) in [4.78, 5) is 4.54.